The zero-order chi connectivity index (χ0) is 15.3. The predicted molar refractivity (Wildman–Crippen MR) is 88.1 cm³/mol. The van der Waals surface area contributed by atoms with E-state index in [4.69, 9.17) is 0 Å². The van der Waals surface area contributed by atoms with Gasteiger partial charge in [-0.1, -0.05) is 27.2 Å². The first-order valence-corrected chi connectivity index (χ1v) is 8.50. The van der Waals surface area contributed by atoms with E-state index in [1.165, 1.54) is 32.4 Å². The SMILES string of the molecule is CC(C)(C)N1CCN(C(C)(C)C(C)(C)C)C2CCCC21. The highest BCUT2D eigenvalue weighted by Gasteiger charge is 2.50. The molecule has 1 aliphatic carbocycles. The number of hydrogen-bond acceptors (Lipinski definition) is 2. The Balaban J connectivity index is 2.25. The van der Waals surface area contributed by atoms with Crippen LogP contribution in [-0.4, -0.2) is 46.1 Å². The summed E-state index contributed by atoms with van der Waals surface area (Å²) in [6.45, 7) is 21.7. The van der Waals surface area contributed by atoms with Gasteiger partial charge in [-0.25, -0.2) is 0 Å². The van der Waals surface area contributed by atoms with E-state index in [0.29, 0.717) is 11.0 Å². The maximum Gasteiger partial charge on any atom is 0.0257 e. The topological polar surface area (TPSA) is 6.48 Å². The minimum Gasteiger partial charge on any atom is -0.293 e. The van der Waals surface area contributed by atoms with Gasteiger partial charge in [-0.3, -0.25) is 9.80 Å². The third-order valence-corrected chi connectivity index (χ3v) is 6.24. The van der Waals surface area contributed by atoms with E-state index in [1.807, 2.05) is 0 Å². The van der Waals surface area contributed by atoms with Crippen LogP contribution < -0.4 is 0 Å². The Hall–Kier alpha value is -0.0800. The smallest absolute Gasteiger partial charge is 0.0257 e. The lowest BCUT2D eigenvalue weighted by atomic mass is 9.73. The van der Waals surface area contributed by atoms with Crippen LogP contribution in [-0.2, 0) is 0 Å². The van der Waals surface area contributed by atoms with Gasteiger partial charge in [0.15, 0.2) is 0 Å². The van der Waals surface area contributed by atoms with Crippen molar-refractivity contribution in [2.75, 3.05) is 13.1 Å². The van der Waals surface area contributed by atoms with Gasteiger partial charge in [0.2, 0.25) is 0 Å². The Morgan fingerprint density at radius 1 is 0.700 bits per heavy atom. The van der Waals surface area contributed by atoms with Gasteiger partial charge >= 0.3 is 0 Å². The van der Waals surface area contributed by atoms with Crippen molar-refractivity contribution >= 4 is 0 Å². The van der Waals surface area contributed by atoms with Gasteiger partial charge < -0.3 is 0 Å². The Labute approximate surface area is 126 Å². The molecule has 2 aliphatic rings. The van der Waals surface area contributed by atoms with Crippen LogP contribution in [0.4, 0.5) is 0 Å². The Morgan fingerprint density at radius 3 is 1.60 bits per heavy atom. The highest BCUT2D eigenvalue weighted by atomic mass is 15.4. The second-order valence-electron chi connectivity index (χ2n) is 9.43. The Kier molecular flexibility index (Phi) is 4.06. The van der Waals surface area contributed by atoms with E-state index in [2.05, 4.69) is 65.2 Å². The van der Waals surface area contributed by atoms with Crippen molar-refractivity contribution in [1.82, 2.24) is 9.80 Å². The van der Waals surface area contributed by atoms with E-state index < -0.39 is 0 Å². The number of fused-ring (bicyclic) bond motifs is 1. The van der Waals surface area contributed by atoms with E-state index >= 15 is 0 Å². The first-order valence-electron chi connectivity index (χ1n) is 8.50. The third-order valence-electron chi connectivity index (χ3n) is 6.24. The monoisotopic (exact) mass is 280 g/mol. The Morgan fingerprint density at radius 2 is 1.15 bits per heavy atom. The fraction of sp³-hybridized carbons (Fsp3) is 1.00. The molecular weight excluding hydrogens is 244 g/mol. The van der Waals surface area contributed by atoms with Crippen LogP contribution in [0, 0.1) is 5.41 Å². The molecule has 2 unspecified atom stereocenters. The summed E-state index contributed by atoms with van der Waals surface area (Å²) in [5, 5.41) is 0. The molecular formula is C18H36N2. The number of rotatable bonds is 1. The summed E-state index contributed by atoms with van der Waals surface area (Å²) < 4.78 is 0. The second kappa shape index (κ2) is 4.98. The van der Waals surface area contributed by atoms with Crippen LogP contribution in [0.5, 0.6) is 0 Å². The summed E-state index contributed by atoms with van der Waals surface area (Å²) in [4.78, 5) is 5.62. The van der Waals surface area contributed by atoms with Crippen molar-refractivity contribution in [3.8, 4) is 0 Å². The predicted octanol–water partition coefficient (Wildman–Crippen LogP) is 4.15. The molecule has 2 atom stereocenters. The molecule has 0 N–H and O–H groups in total. The molecule has 1 aliphatic heterocycles. The van der Waals surface area contributed by atoms with Crippen LogP contribution in [0.3, 0.4) is 0 Å². The molecule has 1 saturated heterocycles. The van der Waals surface area contributed by atoms with Crippen molar-refractivity contribution in [2.45, 2.75) is 97.8 Å². The van der Waals surface area contributed by atoms with Crippen LogP contribution in [0.15, 0.2) is 0 Å². The van der Waals surface area contributed by atoms with Crippen LogP contribution >= 0.6 is 0 Å². The molecule has 20 heavy (non-hydrogen) atoms. The molecule has 2 fully saturated rings. The average Bonchev–Trinajstić information content (AvgIpc) is 2.72. The molecule has 2 rings (SSSR count). The summed E-state index contributed by atoms with van der Waals surface area (Å²) in [7, 11) is 0. The minimum absolute atomic E-state index is 0.268. The molecule has 0 radical (unpaired) electrons. The van der Waals surface area contributed by atoms with Crippen LogP contribution in [0.2, 0.25) is 0 Å². The molecule has 118 valence electrons. The van der Waals surface area contributed by atoms with Crippen molar-refractivity contribution < 1.29 is 0 Å². The van der Waals surface area contributed by atoms with Gasteiger partial charge in [-0.05, 0) is 52.9 Å². The lowest BCUT2D eigenvalue weighted by molar-refractivity contribution is -0.0883. The maximum atomic E-state index is 2.84. The first-order chi connectivity index (χ1) is 8.96. The number of piperazine rings is 1. The van der Waals surface area contributed by atoms with Crippen LogP contribution in [0.25, 0.3) is 0 Å². The molecule has 2 heteroatoms. The maximum absolute atomic E-state index is 2.84. The van der Waals surface area contributed by atoms with Crippen molar-refractivity contribution in [3.05, 3.63) is 0 Å². The fourth-order valence-electron chi connectivity index (χ4n) is 4.15. The zero-order valence-corrected chi connectivity index (χ0v) is 15.1. The fourth-order valence-corrected chi connectivity index (χ4v) is 4.15. The lowest BCUT2D eigenvalue weighted by Crippen LogP contribution is -2.68. The highest BCUT2D eigenvalue weighted by molar-refractivity contribution is 5.05. The molecule has 1 heterocycles. The molecule has 0 bridgehead atoms. The van der Waals surface area contributed by atoms with Crippen molar-refractivity contribution in [1.29, 1.82) is 0 Å². The number of nitrogens with zero attached hydrogens (tertiary/aromatic N) is 2. The zero-order valence-electron chi connectivity index (χ0n) is 15.1. The normalized spacial score (nSPS) is 30.6. The Bertz CT molecular complexity index is 345. The summed E-state index contributed by atoms with van der Waals surface area (Å²) in [5.74, 6) is 0. The van der Waals surface area contributed by atoms with Gasteiger partial charge in [-0.15, -0.1) is 0 Å². The molecule has 0 spiro atoms. The largest absolute Gasteiger partial charge is 0.293 e. The first kappa shape index (κ1) is 16.3. The summed E-state index contributed by atoms with van der Waals surface area (Å²) in [5.41, 5.74) is 0.902. The molecule has 0 amide bonds. The molecule has 0 aromatic rings. The van der Waals surface area contributed by atoms with Gasteiger partial charge in [0.25, 0.3) is 0 Å². The quantitative estimate of drug-likeness (QED) is 0.712. The second-order valence-corrected chi connectivity index (χ2v) is 9.43. The molecule has 0 aromatic carbocycles. The van der Waals surface area contributed by atoms with Gasteiger partial charge in [0.1, 0.15) is 0 Å². The highest BCUT2D eigenvalue weighted by Crippen LogP contribution is 2.43. The van der Waals surface area contributed by atoms with Crippen molar-refractivity contribution in [3.63, 3.8) is 0 Å². The average molecular weight is 280 g/mol. The summed E-state index contributed by atoms with van der Waals surface area (Å²) >= 11 is 0. The molecule has 2 nitrogen and oxygen atoms in total. The molecule has 0 aromatic heterocycles. The third kappa shape index (κ3) is 2.66. The summed E-state index contributed by atoms with van der Waals surface area (Å²) in [6.07, 6.45) is 4.17. The van der Waals surface area contributed by atoms with Gasteiger partial charge in [-0.2, -0.15) is 0 Å². The minimum atomic E-state index is 0.268. The van der Waals surface area contributed by atoms with E-state index in [1.54, 1.807) is 0 Å². The standard InChI is InChI=1S/C18H36N2/c1-16(2,3)18(7,8)20-13-12-19(17(4,5)6)14-10-9-11-15(14)20/h14-15H,9-13H2,1-8H3. The van der Waals surface area contributed by atoms with Crippen LogP contribution in [0.1, 0.15) is 74.7 Å². The van der Waals surface area contributed by atoms with E-state index in [-0.39, 0.29) is 5.54 Å². The molecule has 1 saturated carbocycles. The lowest BCUT2D eigenvalue weighted by Gasteiger charge is -2.58. The van der Waals surface area contributed by atoms with Gasteiger partial charge in [0.05, 0.1) is 0 Å². The number of hydrogen-bond donors (Lipinski definition) is 0. The van der Waals surface area contributed by atoms with E-state index in [0.717, 1.165) is 12.1 Å². The van der Waals surface area contributed by atoms with Crippen molar-refractivity contribution in [2.24, 2.45) is 5.41 Å². The summed E-state index contributed by atoms with van der Waals surface area (Å²) in [6, 6.07) is 1.53. The van der Waals surface area contributed by atoms with Gasteiger partial charge in [0, 0.05) is 36.3 Å². The van der Waals surface area contributed by atoms with E-state index in [9.17, 15) is 0 Å².